The molecular formula is C16H18N4O3. The van der Waals surface area contributed by atoms with Crippen molar-refractivity contribution in [1.29, 1.82) is 0 Å². The molecule has 1 aromatic heterocycles. The van der Waals surface area contributed by atoms with Gasteiger partial charge in [0.2, 0.25) is 5.91 Å². The van der Waals surface area contributed by atoms with Crippen molar-refractivity contribution in [2.24, 2.45) is 0 Å². The van der Waals surface area contributed by atoms with Gasteiger partial charge >= 0.3 is 6.03 Å². The average Bonchev–Trinajstić information content (AvgIpc) is 2.56. The average molecular weight is 314 g/mol. The first-order chi connectivity index (χ1) is 11.2. The number of pyridine rings is 1. The number of methoxy groups -OCH3 is 1. The van der Waals surface area contributed by atoms with Crippen LogP contribution in [0, 0.1) is 0 Å². The summed E-state index contributed by atoms with van der Waals surface area (Å²) in [5, 5.41) is 7.92. The first-order valence-electron chi connectivity index (χ1n) is 7.07. The molecule has 120 valence electrons. The fourth-order valence-electron chi connectivity index (χ4n) is 1.78. The van der Waals surface area contributed by atoms with Gasteiger partial charge in [-0.25, -0.2) is 9.78 Å². The predicted molar refractivity (Wildman–Crippen MR) is 87.5 cm³/mol. The number of rotatable bonds is 6. The Labute approximate surface area is 134 Å². The number of carbonyl (C=O) groups is 2. The lowest BCUT2D eigenvalue weighted by Crippen LogP contribution is -2.31. The molecule has 0 saturated heterocycles. The van der Waals surface area contributed by atoms with E-state index in [2.05, 4.69) is 20.9 Å². The van der Waals surface area contributed by atoms with Crippen molar-refractivity contribution in [3.05, 3.63) is 48.7 Å². The molecule has 1 heterocycles. The molecule has 0 fully saturated rings. The SMILES string of the molecule is COc1ccc(NC(=O)NCCC(=O)Nc2ccccn2)cc1. The molecule has 7 heteroatoms. The van der Waals surface area contributed by atoms with Crippen LogP contribution in [0.5, 0.6) is 5.75 Å². The molecule has 0 unspecified atom stereocenters. The van der Waals surface area contributed by atoms with Gasteiger partial charge in [-0.05, 0) is 36.4 Å². The van der Waals surface area contributed by atoms with Gasteiger partial charge in [0.1, 0.15) is 11.6 Å². The molecule has 2 rings (SSSR count). The Balaban J connectivity index is 1.68. The van der Waals surface area contributed by atoms with E-state index in [1.807, 2.05) is 0 Å². The van der Waals surface area contributed by atoms with Gasteiger partial charge in [-0.2, -0.15) is 0 Å². The van der Waals surface area contributed by atoms with Crippen molar-refractivity contribution in [3.63, 3.8) is 0 Å². The smallest absolute Gasteiger partial charge is 0.319 e. The van der Waals surface area contributed by atoms with Crippen molar-refractivity contribution in [1.82, 2.24) is 10.3 Å². The van der Waals surface area contributed by atoms with Crippen molar-refractivity contribution in [2.45, 2.75) is 6.42 Å². The van der Waals surface area contributed by atoms with Crippen LogP contribution < -0.4 is 20.7 Å². The number of nitrogens with one attached hydrogen (secondary N) is 3. The molecule has 1 aromatic carbocycles. The summed E-state index contributed by atoms with van der Waals surface area (Å²) >= 11 is 0. The van der Waals surface area contributed by atoms with E-state index in [0.29, 0.717) is 17.3 Å². The highest BCUT2D eigenvalue weighted by molar-refractivity contribution is 5.91. The molecule has 3 amide bonds. The molecule has 0 spiro atoms. The van der Waals surface area contributed by atoms with Gasteiger partial charge < -0.3 is 20.7 Å². The number of hydrogen-bond donors (Lipinski definition) is 3. The van der Waals surface area contributed by atoms with Crippen LogP contribution >= 0.6 is 0 Å². The highest BCUT2D eigenvalue weighted by atomic mass is 16.5. The van der Waals surface area contributed by atoms with Gasteiger partial charge in [-0.1, -0.05) is 6.07 Å². The molecule has 2 aromatic rings. The number of anilines is 2. The maximum atomic E-state index is 11.7. The Morgan fingerprint density at radius 2 is 1.87 bits per heavy atom. The number of ether oxygens (including phenoxy) is 1. The summed E-state index contributed by atoms with van der Waals surface area (Å²) < 4.78 is 5.04. The molecule has 0 atom stereocenters. The largest absolute Gasteiger partial charge is 0.497 e. The van der Waals surface area contributed by atoms with Gasteiger partial charge in [-0.15, -0.1) is 0 Å². The third-order valence-electron chi connectivity index (χ3n) is 2.92. The van der Waals surface area contributed by atoms with Crippen molar-refractivity contribution >= 4 is 23.4 Å². The molecule has 7 nitrogen and oxygen atoms in total. The number of urea groups is 1. The summed E-state index contributed by atoms with van der Waals surface area (Å²) in [4.78, 5) is 27.4. The van der Waals surface area contributed by atoms with Crippen LogP contribution in [-0.4, -0.2) is 30.6 Å². The highest BCUT2D eigenvalue weighted by Gasteiger charge is 2.05. The topological polar surface area (TPSA) is 92.4 Å². The zero-order chi connectivity index (χ0) is 16.5. The van der Waals surface area contributed by atoms with Crippen LogP contribution in [0.25, 0.3) is 0 Å². The molecule has 0 saturated carbocycles. The number of nitrogens with zero attached hydrogens (tertiary/aromatic N) is 1. The van der Waals surface area contributed by atoms with E-state index in [1.165, 1.54) is 0 Å². The van der Waals surface area contributed by atoms with Crippen LogP contribution in [0.1, 0.15) is 6.42 Å². The third kappa shape index (κ3) is 5.66. The number of amides is 3. The molecule has 23 heavy (non-hydrogen) atoms. The van der Waals surface area contributed by atoms with Crippen molar-refractivity contribution < 1.29 is 14.3 Å². The Morgan fingerprint density at radius 1 is 1.09 bits per heavy atom. The number of aromatic nitrogens is 1. The first kappa shape index (κ1) is 16.3. The van der Waals surface area contributed by atoms with Crippen LogP contribution in [0.4, 0.5) is 16.3 Å². The Bertz CT molecular complexity index is 644. The molecule has 3 N–H and O–H groups in total. The lowest BCUT2D eigenvalue weighted by molar-refractivity contribution is -0.116. The molecule has 0 aliphatic carbocycles. The lowest BCUT2D eigenvalue weighted by Gasteiger charge is -2.08. The molecule has 0 bridgehead atoms. The second-order valence-corrected chi connectivity index (χ2v) is 4.62. The third-order valence-corrected chi connectivity index (χ3v) is 2.92. The highest BCUT2D eigenvalue weighted by Crippen LogP contribution is 2.14. The Morgan fingerprint density at radius 3 is 2.52 bits per heavy atom. The molecular weight excluding hydrogens is 296 g/mol. The van der Waals surface area contributed by atoms with Gasteiger partial charge in [-0.3, -0.25) is 4.79 Å². The van der Waals surface area contributed by atoms with Crippen LogP contribution in [-0.2, 0) is 4.79 Å². The number of benzene rings is 1. The van der Waals surface area contributed by atoms with Crippen LogP contribution in [0.15, 0.2) is 48.7 Å². The van der Waals surface area contributed by atoms with E-state index in [9.17, 15) is 9.59 Å². The minimum absolute atomic E-state index is 0.159. The van der Waals surface area contributed by atoms with Crippen molar-refractivity contribution in [2.75, 3.05) is 24.3 Å². The molecule has 0 radical (unpaired) electrons. The van der Waals surface area contributed by atoms with E-state index < -0.39 is 0 Å². The van der Waals surface area contributed by atoms with E-state index >= 15 is 0 Å². The Kier molecular flexibility index (Phi) is 5.93. The summed E-state index contributed by atoms with van der Waals surface area (Å²) in [5.74, 6) is 0.982. The van der Waals surface area contributed by atoms with Crippen LogP contribution in [0.2, 0.25) is 0 Å². The molecule has 0 aliphatic heterocycles. The maximum absolute atomic E-state index is 11.7. The fourth-order valence-corrected chi connectivity index (χ4v) is 1.78. The summed E-state index contributed by atoms with van der Waals surface area (Å²) in [6.07, 6.45) is 1.75. The second-order valence-electron chi connectivity index (χ2n) is 4.62. The first-order valence-corrected chi connectivity index (χ1v) is 7.07. The zero-order valence-electron chi connectivity index (χ0n) is 12.7. The monoisotopic (exact) mass is 314 g/mol. The predicted octanol–water partition coefficient (Wildman–Crippen LogP) is 2.24. The normalized spacial score (nSPS) is 9.78. The van der Waals surface area contributed by atoms with Crippen LogP contribution in [0.3, 0.4) is 0 Å². The van der Waals surface area contributed by atoms with Gasteiger partial charge in [0.25, 0.3) is 0 Å². The summed E-state index contributed by atoms with van der Waals surface area (Å²) in [7, 11) is 1.57. The standard InChI is InChI=1S/C16H18N4O3/c1-23-13-7-5-12(6-8-13)19-16(22)18-11-9-15(21)20-14-4-2-3-10-17-14/h2-8,10H,9,11H2,1H3,(H,17,20,21)(H2,18,19,22). The second kappa shape index (κ2) is 8.38. The fraction of sp³-hybridized carbons (Fsp3) is 0.188. The summed E-state index contributed by atoms with van der Waals surface area (Å²) in [6, 6.07) is 11.8. The van der Waals surface area contributed by atoms with E-state index in [1.54, 1.807) is 55.8 Å². The quantitative estimate of drug-likeness (QED) is 0.762. The van der Waals surface area contributed by atoms with Crippen molar-refractivity contribution in [3.8, 4) is 5.75 Å². The zero-order valence-corrected chi connectivity index (χ0v) is 12.7. The van der Waals surface area contributed by atoms with Gasteiger partial charge in [0, 0.05) is 24.8 Å². The van der Waals surface area contributed by atoms with Gasteiger partial charge in [0.15, 0.2) is 0 Å². The lowest BCUT2D eigenvalue weighted by atomic mass is 10.3. The number of hydrogen-bond acceptors (Lipinski definition) is 4. The minimum atomic E-state index is -0.374. The van der Waals surface area contributed by atoms with Gasteiger partial charge in [0.05, 0.1) is 7.11 Å². The minimum Gasteiger partial charge on any atom is -0.497 e. The van der Waals surface area contributed by atoms with E-state index in [0.717, 1.165) is 0 Å². The Hall–Kier alpha value is -3.09. The maximum Gasteiger partial charge on any atom is 0.319 e. The summed E-state index contributed by atoms with van der Waals surface area (Å²) in [6.45, 7) is 0.223. The molecule has 0 aliphatic rings. The van der Waals surface area contributed by atoms with E-state index in [4.69, 9.17) is 4.74 Å². The van der Waals surface area contributed by atoms with E-state index in [-0.39, 0.29) is 24.9 Å². The number of carbonyl (C=O) groups excluding carboxylic acids is 2. The summed E-state index contributed by atoms with van der Waals surface area (Å²) in [5.41, 5.74) is 0.640.